The third-order valence-corrected chi connectivity index (χ3v) is 15.7. The van der Waals surface area contributed by atoms with Gasteiger partial charge in [0.1, 0.15) is 0 Å². The number of aromatic nitrogens is 1. The fraction of sp³-hybridized carbons (Fsp3) is 0.222. The van der Waals surface area contributed by atoms with Crippen molar-refractivity contribution in [2.45, 2.75) is 78.6 Å². The third kappa shape index (κ3) is 4.86. The maximum absolute atomic E-state index is 2.70. The van der Waals surface area contributed by atoms with Crippen molar-refractivity contribution in [2.75, 3.05) is 4.81 Å². The summed E-state index contributed by atoms with van der Waals surface area (Å²) in [6, 6.07) is 47.5. The lowest BCUT2D eigenvalue weighted by atomic mass is 9.43. The zero-order chi connectivity index (χ0) is 40.5. The molecule has 5 heteroatoms. The number of anilines is 2. The summed E-state index contributed by atoms with van der Waals surface area (Å²) in [7, 11) is 0. The second kappa shape index (κ2) is 11.7. The van der Waals surface area contributed by atoms with E-state index in [4.69, 9.17) is 0 Å². The first-order valence-corrected chi connectivity index (χ1v) is 22.8. The van der Waals surface area contributed by atoms with Gasteiger partial charge in [-0.3, -0.25) is 0 Å². The molecule has 0 amide bonds. The van der Waals surface area contributed by atoms with Crippen LogP contribution in [0.25, 0.3) is 79.0 Å². The minimum Gasteiger partial charge on any atom is -0.376 e. The van der Waals surface area contributed by atoms with Gasteiger partial charge in [-0.1, -0.05) is 129 Å². The average Bonchev–Trinajstić information content (AvgIpc) is 3.87. The van der Waals surface area contributed by atoms with Crippen molar-refractivity contribution < 1.29 is 0 Å². The molecule has 2 aliphatic heterocycles. The van der Waals surface area contributed by atoms with Crippen molar-refractivity contribution in [1.29, 1.82) is 0 Å². The molecule has 3 aromatic heterocycles. The molecule has 7 aromatic carbocycles. The standard InChI is InChI=1S/C54H47BN2S2/c1-52(2,3)30-18-22-33(23-19-30)57-41-25-21-32(54(7,8)9)27-38(41)48-49-50-46(47-35-15-11-13-17-44(35)59-51(47)48)37-26-31(53(4,5)6)20-24-40(37)56(50)42-29-45-36(28-39(42)55(49)57)34-14-10-12-16-43(34)58-45/h10-29H,1-9H3. The first-order chi connectivity index (χ1) is 28.2. The molecule has 10 aromatic rings. The molecule has 2 nitrogen and oxygen atoms in total. The monoisotopic (exact) mass is 798 g/mol. The van der Waals surface area contributed by atoms with Gasteiger partial charge in [0.15, 0.2) is 0 Å². The van der Waals surface area contributed by atoms with Crippen LogP contribution in [0.1, 0.15) is 79.0 Å². The second-order valence-corrected chi connectivity index (χ2v) is 22.3. The smallest absolute Gasteiger partial charge is 0.333 e. The summed E-state index contributed by atoms with van der Waals surface area (Å²) >= 11 is 3.90. The summed E-state index contributed by atoms with van der Waals surface area (Å²) in [5.41, 5.74) is 16.1. The fourth-order valence-corrected chi connectivity index (χ4v) is 12.7. The van der Waals surface area contributed by atoms with E-state index in [1.165, 1.54) is 118 Å². The molecule has 59 heavy (non-hydrogen) atoms. The van der Waals surface area contributed by atoms with Crippen molar-refractivity contribution in [3.05, 3.63) is 138 Å². The molecule has 5 heterocycles. The Morgan fingerprint density at radius 3 is 1.83 bits per heavy atom. The van der Waals surface area contributed by atoms with E-state index in [1.807, 2.05) is 22.7 Å². The Labute approximate surface area is 354 Å². The molecular weight excluding hydrogens is 752 g/mol. The van der Waals surface area contributed by atoms with Crippen molar-refractivity contribution in [1.82, 2.24) is 4.57 Å². The lowest BCUT2D eigenvalue weighted by Gasteiger charge is -2.42. The summed E-state index contributed by atoms with van der Waals surface area (Å²) in [5.74, 6) is 0. The summed E-state index contributed by atoms with van der Waals surface area (Å²) in [6.45, 7) is 21.0. The maximum atomic E-state index is 2.70. The summed E-state index contributed by atoms with van der Waals surface area (Å²) in [6.07, 6.45) is 0. The van der Waals surface area contributed by atoms with Crippen LogP contribution >= 0.6 is 22.7 Å². The molecule has 0 saturated carbocycles. The highest BCUT2D eigenvalue weighted by atomic mass is 32.1. The van der Waals surface area contributed by atoms with Crippen molar-refractivity contribution in [3.8, 4) is 16.8 Å². The first-order valence-electron chi connectivity index (χ1n) is 21.1. The number of thiophene rings is 2. The summed E-state index contributed by atoms with van der Waals surface area (Å²) in [5, 5.41) is 8.17. The SMILES string of the molecule is CC(C)(C)c1ccc(N2B3c4cc5c(cc4-n4c6ccc(C(C)(C)C)cc6c6c7c(sc8ccccc87)c(c3c64)-c3cc(C(C)(C)C)ccc32)sc2ccccc25)cc1. The Hall–Kier alpha value is -5.36. The number of benzene rings is 7. The molecule has 0 unspecified atom stereocenters. The van der Waals surface area contributed by atoms with Crippen molar-refractivity contribution in [2.24, 2.45) is 0 Å². The van der Waals surface area contributed by atoms with Gasteiger partial charge in [-0.2, -0.15) is 0 Å². The number of hydrogen-bond acceptors (Lipinski definition) is 3. The average molecular weight is 799 g/mol. The van der Waals surface area contributed by atoms with E-state index in [1.54, 1.807) is 0 Å². The molecule has 0 atom stereocenters. The Bertz CT molecular complexity index is 3450. The molecular formula is C54H47BN2S2. The molecule has 0 bridgehead atoms. The number of hydrogen-bond donors (Lipinski definition) is 0. The molecule has 0 saturated heterocycles. The first kappa shape index (κ1) is 35.6. The molecule has 0 N–H and O–H groups in total. The number of rotatable bonds is 1. The van der Waals surface area contributed by atoms with E-state index in [9.17, 15) is 0 Å². The van der Waals surface area contributed by atoms with Crippen LogP contribution in [-0.4, -0.2) is 11.4 Å². The second-order valence-electron chi connectivity index (χ2n) is 20.2. The highest BCUT2D eigenvalue weighted by molar-refractivity contribution is 7.27. The lowest BCUT2D eigenvalue weighted by Crippen LogP contribution is -2.60. The van der Waals surface area contributed by atoms with Gasteiger partial charge in [0.25, 0.3) is 0 Å². The molecule has 0 spiro atoms. The quantitative estimate of drug-likeness (QED) is 0.150. The van der Waals surface area contributed by atoms with E-state index < -0.39 is 0 Å². The van der Waals surface area contributed by atoms with Crippen LogP contribution in [0, 0.1) is 0 Å². The minimum atomic E-state index is -0.0486. The molecule has 0 fully saturated rings. The third-order valence-electron chi connectivity index (χ3n) is 13.4. The topological polar surface area (TPSA) is 8.17 Å². The van der Waals surface area contributed by atoms with E-state index in [2.05, 4.69) is 193 Å². The van der Waals surface area contributed by atoms with Gasteiger partial charge in [0.05, 0.1) is 11.0 Å². The molecule has 288 valence electrons. The molecule has 12 rings (SSSR count). The fourth-order valence-electron chi connectivity index (χ4n) is 10.3. The largest absolute Gasteiger partial charge is 0.376 e. The van der Waals surface area contributed by atoms with Crippen LogP contribution in [0.15, 0.2) is 121 Å². The van der Waals surface area contributed by atoms with Gasteiger partial charge in [0.2, 0.25) is 0 Å². The van der Waals surface area contributed by atoms with Crippen LogP contribution in [0.2, 0.25) is 0 Å². The van der Waals surface area contributed by atoms with Gasteiger partial charge >= 0.3 is 6.85 Å². The van der Waals surface area contributed by atoms with Gasteiger partial charge in [-0.05, 0) is 98.5 Å². The highest BCUT2D eigenvalue weighted by Gasteiger charge is 2.46. The van der Waals surface area contributed by atoms with Crippen LogP contribution in [-0.2, 0) is 16.2 Å². The van der Waals surface area contributed by atoms with Crippen LogP contribution < -0.4 is 15.7 Å². The van der Waals surface area contributed by atoms with Gasteiger partial charge in [0, 0.05) is 79.3 Å². The molecule has 0 aliphatic carbocycles. The minimum absolute atomic E-state index is 0.00876. The Balaban J connectivity index is 1.34. The normalized spacial score (nSPS) is 14.1. The Kier molecular flexibility index (Phi) is 7.04. The van der Waals surface area contributed by atoms with Crippen LogP contribution in [0.4, 0.5) is 11.4 Å². The van der Waals surface area contributed by atoms with Gasteiger partial charge in [-0.15, -0.1) is 22.7 Å². The number of nitrogens with zero attached hydrogens (tertiary/aromatic N) is 2. The maximum Gasteiger partial charge on any atom is 0.333 e. The van der Waals surface area contributed by atoms with Gasteiger partial charge < -0.3 is 9.38 Å². The van der Waals surface area contributed by atoms with Gasteiger partial charge in [-0.25, -0.2) is 0 Å². The predicted molar refractivity (Wildman–Crippen MR) is 262 cm³/mol. The van der Waals surface area contributed by atoms with Crippen molar-refractivity contribution in [3.63, 3.8) is 0 Å². The van der Waals surface area contributed by atoms with E-state index in [0.29, 0.717) is 0 Å². The number of fused-ring (bicyclic) bond motifs is 16. The summed E-state index contributed by atoms with van der Waals surface area (Å²) < 4.78 is 8.10. The lowest BCUT2D eigenvalue weighted by molar-refractivity contribution is 0.590. The van der Waals surface area contributed by atoms with E-state index in [0.717, 1.165) is 0 Å². The predicted octanol–water partition coefficient (Wildman–Crippen LogP) is 14.6. The Morgan fingerprint density at radius 2 is 1.12 bits per heavy atom. The Morgan fingerprint density at radius 1 is 0.492 bits per heavy atom. The molecule has 0 radical (unpaired) electrons. The van der Waals surface area contributed by atoms with E-state index in [-0.39, 0.29) is 23.1 Å². The van der Waals surface area contributed by atoms with Crippen LogP contribution in [0.5, 0.6) is 0 Å². The van der Waals surface area contributed by atoms with E-state index >= 15 is 0 Å². The van der Waals surface area contributed by atoms with Crippen LogP contribution in [0.3, 0.4) is 0 Å². The van der Waals surface area contributed by atoms with Crippen molar-refractivity contribution >= 4 is 114 Å². The zero-order valence-electron chi connectivity index (χ0n) is 35.3. The molecule has 2 aliphatic rings. The zero-order valence-corrected chi connectivity index (χ0v) is 37.0. The highest BCUT2D eigenvalue weighted by Crippen LogP contribution is 2.53. The summed E-state index contributed by atoms with van der Waals surface area (Å²) in [4.78, 5) is 2.70.